The second-order valence-corrected chi connectivity index (χ2v) is 8.49. The Bertz CT molecular complexity index is 1000. The smallest absolute Gasteiger partial charge is 0.337 e. The van der Waals surface area contributed by atoms with Crippen LogP contribution in [-0.4, -0.2) is 31.1 Å². The molecule has 1 saturated carbocycles. The summed E-state index contributed by atoms with van der Waals surface area (Å²) in [6, 6.07) is 13.1. The molecule has 3 atom stereocenters. The first-order valence-corrected chi connectivity index (χ1v) is 10.9. The fraction of sp³-hybridized carbons (Fsp3) is 0.385. The van der Waals surface area contributed by atoms with Gasteiger partial charge in [-0.25, -0.2) is 4.79 Å². The lowest BCUT2D eigenvalue weighted by Crippen LogP contribution is -2.42. The van der Waals surface area contributed by atoms with Crippen molar-refractivity contribution in [3.05, 3.63) is 76.7 Å². The third-order valence-electron chi connectivity index (χ3n) is 5.96. The summed E-state index contributed by atoms with van der Waals surface area (Å²) in [6.45, 7) is 4.44. The second-order valence-electron chi connectivity index (χ2n) is 8.49. The first-order chi connectivity index (χ1) is 15.4. The first kappa shape index (κ1) is 22.1. The number of methoxy groups -OCH3 is 1. The van der Waals surface area contributed by atoms with Gasteiger partial charge in [0.15, 0.2) is 0 Å². The average Bonchev–Trinajstić information content (AvgIpc) is 2.78. The molecule has 2 aliphatic rings. The summed E-state index contributed by atoms with van der Waals surface area (Å²) in [5, 5.41) is 0. The lowest BCUT2D eigenvalue weighted by atomic mass is 9.80. The van der Waals surface area contributed by atoms with Gasteiger partial charge in [-0.2, -0.15) is 0 Å². The van der Waals surface area contributed by atoms with Gasteiger partial charge in [0.05, 0.1) is 31.3 Å². The largest absolute Gasteiger partial charge is 0.493 e. The van der Waals surface area contributed by atoms with E-state index in [1.807, 2.05) is 38.1 Å². The summed E-state index contributed by atoms with van der Waals surface area (Å²) < 4.78 is 22.5. The number of hydrogen-bond acceptors (Lipinski definition) is 6. The summed E-state index contributed by atoms with van der Waals surface area (Å²) >= 11 is 0. The van der Waals surface area contributed by atoms with Gasteiger partial charge in [-0.15, -0.1) is 0 Å². The summed E-state index contributed by atoms with van der Waals surface area (Å²) in [5.41, 5.74) is 3.65. The molecule has 0 N–H and O–H groups in total. The van der Waals surface area contributed by atoms with Gasteiger partial charge in [-0.05, 0) is 67.6 Å². The highest BCUT2D eigenvalue weighted by molar-refractivity contribution is 5.96. The van der Waals surface area contributed by atoms with Crippen LogP contribution in [-0.2, 0) is 25.6 Å². The molecule has 2 aromatic carbocycles. The van der Waals surface area contributed by atoms with Gasteiger partial charge in [0.25, 0.3) is 0 Å². The number of aryl methyl sites for hydroxylation is 2. The molecule has 6 nitrogen and oxygen atoms in total. The zero-order chi connectivity index (χ0) is 22.7. The van der Waals surface area contributed by atoms with Crippen LogP contribution in [0.2, 0.25) is 0 Å². The summed E-state index contributed by atoms with van der Waals surface area (Å²) in [5.74, 6) is 0.349. The molecule has 0 radical (unpaired) electrons. The van der Waals surface area contributed by atoms with E-state index in [0.717, 1.165) is 23.1 Å². The number of ether oxygens (including phenoxy) is 4. The highest BCUT2D eigenvalue weighted by atomic mass is 16.5. The Morgan fingerprint density at radius 3 is 2.47 bits per heavy atom. The molecule has 0 saturated heterocycles. The van der Waals surface area contributed by atoms with E-state index in [4.69, 9.17) is 18.9 Å². The van der Waals surface area contributed by atoms with Crippen LogP contribution in [0.15, 0.2) is 54.5 Å². The number of Topliss-reactive ketones (excluding diaryl/α,β-unsaturated/α-hetero) is 1. The van der Waals surface area contributed by atoms with Crippen molar-refractivity contribution in [3.8, 4) is 5.75 Å². The molecule has 1 heterocycles. The maximum absolute atomic E-state index is 13.0. The number of esters is 1. The van der Waals surface area contributed by atoms with Crippen molar-refractivity contribution >= 4 is 11.8 Å². The molecule has 4 rings (SSSR count). The minimum atomic E-state index is -0.358. The number of benzene rings is 2. The Kier molecular flexibility index (Phi) is 6.61. The molecule has 6 heteroatoms. The third-order valence-corrected chi connectivity index (χ3v) is 5.96. The summed E-state index contributed by atoms with van der Waals surface area (Å²) in [6.07, 6.45) is 3.41. The number of hydrogen-bond donors (Lipinski definition) is 0. The number of carbonyl (C=O) groups is 2. The quantitative estimate of drug-likeness (QED) is 0.613. The zero-order valence-corrected chi connectivity index (χ0v) is 18.6. The molecule has 0 aromatic heterocycles. The summed E-state index contributed by atoms with van der Waals surface area (Å²) in [4.78, 5) is 24.5. The van der Waals surface area contributed by atoms with E-state index < -0.39 is 0 Å². The van der Waals surface area contributed by atoms with Crippen LogP contribution < -0.4 is 4.74 Å². The molecular formula is C26H28O6. The van der Waals surface area contributed by atoms with Crippen molar-refractivity contribution in [2.45, 2.75) is 51.9 Å². The van der Waals surface area contributed by atoms with Crippen LogP contribution in [0.5, 0.6) is 5.75 Å². The van der Waals surface area contributed by atoms with Crippen molar-refractivity contribution in [1.82, 2.24) is 0 Å². The number of fused-ring (bicyclic) bond motifs is 1. The average molecular weight is 437 g/mol. The molecule has 1 fully saturated rings. The molecule has 0 bridgehead atoms. The maximum atomic E-state index is 13.0. The zero-order valence-electron chi connectivity index (χ0n) is 18.6. The van der Waals surface area contributed by atoms with Crippen LogP contribution in [0.4, 0.5) is 0 Å². The molecule has 0 amide bonds. The molecule has 168 valence electrons. The Hall–Kier alpha value is -3.12. The van der Waals surface area contributed by atoms with Gasteiger partial charge in [0.1, 0.15) is 18.1 Å². The minimum Gasteiger partial charge on any atom is -0.493 e. The number of allylic oxidation sites excluding steroid dienone is 1. The molecule has 0 spiro atoms. The Balaban J connectivity index is 1.33. The van der Waals surface area contributed by atoms with Crippen LogP contribution >= 0.6 is 0 Å². The number of carbonyl (C=O) groups excluding carboxylic acids is 2. The van der Waals surface area contributed by atoms with Crippen LogP contribution in [0.25, 0.3) is 0 Å². The summed E-state index contributed by atoms with van der Waals surface area (Å²) in [7, 11) is 1.36. The van der Waals surface area contributed by atoms with E-state index >= 15 is 0 Å². The van der Waals surface area contributed by atoms with E-state index in [1.54, 1.807) is 12.1 Å². The Labute approximate surface area is 188 Å². The third kappa shape index (κ3) is 5.02. The van der Waals surface area contributed by atoms with Gasteiger partial charge in [-0.1, -0.05) is 18.2 Å². The van der Waals surface area contributed by atoms with E-state index in [9.17, 15) is 9.59 Å². The molecule has 2 aromatic rings. The van der Waals surface area contributed by atoms with Gasteiger partial charge in [0, 0.05) is 6.42 Å². The Morgan fingerprint density at radius 2 is 1.78 bits per heavy atom. The monoisotopic (exact) mass is 436 g/mol. The van der Waals surface area contributed by atoms with Crippen molar-refractivity contribution in [2.24, 2.45) is 5.92 Å². The normalized spacial score (nSPS) is 22.4. The molecule has 3 unspecified atom stereocenters. The molecular weight excluding hydrogens is 408 g/mol. The second kappa shape index (κ2) is 9.57. The fourth-order valence-electron chi connectivity index (χ4n) is 4.35. The highest BCUT2D eigenvalue weighted by Crippen LogP contribution is 2.35. The molecule has 1 aliphatic heterocycles. The Morgan fingerprint density at radius 1 is 1.06 bits per heavy atom. The van der Waals surface area contributed by atoms with Crippen LogP contribution in [0, 0.1) is 19.8 Å². The van der Waals surface area contributed by atoms with Crippen LogP contribution in [0.3, 0.4) is 0 Å². The fourth-order valence-corrected chi connectivity index (χ4v) is 4.35. The van der Waals surface area contributed by atoms with E-state index in [0.29, 0.717) is 30.8 Å². The number of rotatable bonds is 6. The lowest BCUT2D eigenvalue weighted by Gasteiger charge is -2.37. The van der Waals surface area contributed by atoms with E-state index in [1.165, 1.54) is 13.4 Å². The van der Waals surface area contributed by atoms with Gasteiger partial charge in [0.2, 0.25) is 11.5 Å². The maximum Gasteiger partial charge on any atom is 0.337 e. The van der Waals surface area contributed by atoms with E-state index in [-0.39, 0.29) is 35.6 Å². The predicted molar refractivity (Wildman–Crippen MR) is 118 cm³/mol. The van der Waals surface area contributed by atoms with Crippen molar-refractivity contribution in [1.29, 1.82) is 0 Å². The van der Waals surface area contributed by atoms with Crippen molar-refractivity contribution in [2.75, 3.05) is 7.11 Å². The van der Waals surface area contributed by atoms with Gasteiger partial charge >= 0.3 is 5.97 Å². The standard InChI is InChI=1S/C26H28O6/c1-16-10-17(2)12-21(11-16)32-24-15-31-23-13-20(8-9-22(23)25(24)27)30-14-18-4-6-19(7-5-18)26(28)29-3/h4-7,10-12,15,20,22-23H,8-9,13-14H2,1-3H3. The molecule has 32 heavy (non-hydrogen) atoms. The van der Waals surface area contributed by atoms with Gasteiger partial charge in [-0.3, -0.25) is 4.79 Å². The predicted octanol–water partition coefficient (Wildman–Crippen LogP) is 4.66. The SMILES string of the molecule is COC(=O)c1ccc(COC2CCC3C(=O)C(Oc4cc(C)cc(C)c4)=COC3C2)cc1. The minimum absolute atomic E-state index is 0.00254. The van der Waals surface area contributed by atoms with E-state index in [2.05, 4.69) is 6.07 Å². The first-order valence-electron chi connectivity index (χ1n) is 10.9. The topological polar surface area (TPSA) is 71.1 Å². The van der Waals surface area contributed by atoms with Crippen molar-refractivity contribution in [3.63, 3.8) is 0 Å². The highest BCUT2D eigenvalue weighted by Gasteiger charge is 2.41. The van der Waals surface area contributed by atoms with Gasteiger partial charge < -0.3 is 18.9 Å². The number of ketones is 1. The van der Waals surface area contributed by atoms with Crippen molar-refractivity contribution < 1.29 is 28.5 Å². The molecule has 1 aliphatic carbocycles. The van der Waals surface area contributed by atoms with Crippen LogP contribution in [0.1, 0.15) is 46.3 Å². The lowest BCUT2D eigenvalue weighted by molar-refractivity contribution is -0.134.